The van der Waals surface area contributed by atoms with Gasteiger partial charge in [-0.25, -0.2) is 19.8 Å². The lowest BCUT2D eigenvalue weighted by molar-refractivity contribution is -0.123. The lowest BCUT2D eigenvalue weighted by Crippen LogP contribution is -2.60. The number of thioether (sulfide) groups is 1. The molecule has 0 aliphatic heterocycles. The van der Waals surface area contributed by atoms with Gasteiger partial charge >= 0.3 is 17.5 Å². The molecule has 0 unspecified atom stereocenters. The van der Waals surface area contributed by atoms with E-state index in [2.05, 4.69) is 22.7 Å². The van der Waals surface area contributed by atoms with Crippen molar-refractivity contribution in [1.29, 1.82) is 0 Å². The number of carbonyl (C=O) groups is 4. The molecular weight excluding hydrogens is 562 g/mol. The molecule has 0 radical (unpaired) electrons. The number of hydrogen-bond donors (Lipinski definition) is 3. The zero-order valence-corrected chi connectivity index (χ0v) is 28.2. The standard InChI is InChI=1S/C29H55N5O7S/c1-11-12-13-14-15-16-17-18-19-31-22(35)21(20-42-26(38)41-29(8,9)10)33-34(25(37)40-28(5,6)7)23(30)32-24(36)39-27(2,3)4/h21,33H,11-20H2,1-10H3,(H,31,35)(H2,30,32,36)/t21-/m0/s1. The van der Waals surface area contributed by atoms with Gasteiger partial charge in [0.05, 0.1) is 0 Å². The molecule has 0 rings (SSSR count). The largest absolute Gasteiger partial charge is 0.452 e. The number of hydrazine groups is 1. The maximum absolute atomic E-state index is 13.2. The first-order chi connectivity index (χ1) is 19.2. The highest BCUT2D eigenvalue weighted by Crippen LogP contribution is 2.17. The zero-order valence-electron chi connectivity index (χ0n) is 27.4. The number of nitrogens with zero attached hydrogens (tertiary/aromatic N) is 2. The normalized spacial score (nSPS) is 13.2. The van der Waals surface area contributed by atoms with E-state index in [1.165, 1.54) is 25.7 Å². The molecule has 42 heavy (non-hydrogen) atoms. The Morgan fingerprint density at radius 3 is 1.79 bits per heavy atom. The number of nitrogens with two attached hydrogens (primary N) is 1. The molecule has 12 nitrogen and oxygen atoms in total. The number of carbonyl (C=O) groups excluding carboxylic acids is 4. The molecule has 4 N–H and O–H groups in total. The number of guanidine groups is 1. The number of aliphatic imine (C=N–C) groups is 1. The smallest absolute Gasteiger partial charge is 0.437 e. The van der Waals surface area contributed by atoms with Crippen molar-refractivity contribution in [2.24, 2.45) is 10.7 Å². The van der Waals surface area contributed by atoms with E-state index in [0.29, 0.717) is 11.6 Å². The quantitative estimate of drug-likeness (QED) is 0.0506. The molecule has 0 aliphatic rings. The molecule has 0 heterocycles. The zero-order chi connectivity index (χ0) is 32.6. The van der Waals surface area contributed by atoms with Gasteiger partial charge in [0, 0.05) is 12.3 Å². The Hall–Kier alpha value is -2.54. The lowest BCUT2D eigenvalue weighted by atomic mass is 10.1. The molecule has 3 amide bonds. The Morgan fingerprint density at radius 1 is 0.786 bits per heavy atom. The van der Waals surface area contributed by atoms with Crippen LogP contribution in [0.2, 0.25) is 0 Å². The summed E-state index contributed by atoms with van der Waals surface area (Å²) in [6.45, 7) is 17.7. The van der Waals surface area contributed by atoms with Gasteiger partial charge in [0.15, 0.2) is 0 Å². The molecule has 0 aromatic rings. The van der Waals surface area contributed by atoms with Crippen LogP contribution in [0.15, 0.2) is 4.99 Å². The first-order valence-corrected chi connectivity index (χ1v) is 15.7. The molecule has 0 aromatic carbocycles. The summed E-state index contributed by atoms with van der Waals surface area (Å²) in [6.07, 6.45) is 6.86. The third kappa shape index (κ3) is 21.2. The van der Waals surface area contributed by atoms with Crippen molar-refractivity contribution < 1.29 is 33.4 Å². The van der Waals surface area contributed by atoms with Crippen molar-refractivity contribution in [3.8, 4) is 0 Å². The molecule has 0 fully saturated rings. The van der Waals surface area contributed by atoms with Crippen LogP contribution in [0.3, 0.4) is 0 Å². The van der Waals surface area contributed by atoms with Gasteiger partial charge in [-0.2, -0.15) is 5.01 Å². The maximum atomic E-state index is 13.2. The molecule has 0 spiro atoms. The summed E-state index contributed by atoms with van der Waals surface area (Å²) in [6, 6.07) is -1.14. The molecule has 0 saturated carbocycles. The third-order valence-electron chi connectivity index (χ3n) is 5.09. The summed E-state index contributed by atoms with van der Waals surface area (Å²) in [5, 5.41) is 2.93. The van der Waals surface area contributed by atoms with Crippen LogP contribution in [0.5, 0.6) is 0 Å². The molecular formula is C29H55N5O7S. The fraction of sp³-hybridized carbons (Fsp3) is 0.828. The minimum Gasteiger partial charge on any atom is -0.452 e. The second-order valence-corrected chi connectivity index (χ2v) is 13.9. The predicted octanol–water partition coefficient (Wildman–Crippen LogP) is 6.27. The van der Waals surface area contributed by atoms with Gasteiger partial charge in [0.1, 0.15) is 22.8 Å². The van der Waals surface area contributed by atoms with Crippen molar-refractivity contribution in [3.63, 3.8) is 0 Å². The number of ether oxygens (including phenoxy) is 3. The van der Waals surface area contributed by atoms with Gasteiger partial charge in [-0.05, 0) is 80.5 Å². The fourth-order valence-corrected chi connectivity index (χ4v) is 4.14. The van der Waals surface area contributed by atoms with Crippen LogP contribution in [0.25, 0.3) is 0 Å². The van der Waals surface area contributed by atoms with Crippen molar-refractivity contribution >= 4 is 41.1 Å². The minimum atomic E-state index is -1.14. The predicted molar refractivity (Wildman–Crippen MR) is 167 cm³/mol. The average molecular weight is 618 g/mol. The van der Waals surface area contributed by atoms with Crippen molar-refractivity contribution in [1.82, 2.24) is 15.8 Å². The lowest BCUT2D eigenvalue weighted by Gasteiger charge is -2.30. The highest BCUT2D eigenvalue weighted by Gasteiger charge is 2.32. The second-order valence-electron chi connectivity index (χ2n) is 13.0. The molecule has 244 valence electrons. The molecule has 1 atom stereocenters. The van der Waals surface area contributed by atoms with Gasteiger partial charge in [-0.1, -0.05) is 51.9 Å². The van der Waals surface area contributed by atoms with E-state index in [0.717, 1.165) is 37.4 Å². The van der Waals surface area contributed by atoms with E-state index in [9.17, 15) is 19.2 Å². The topological polar surface area (TPSA) is 162 Å². The van der Waals surface area contributed by atoms with Crippen LogP contribution >= 0.6 is 11.8 Å². The van der Waals surface area contributed by atoms with Gasteiger partial charge in [-0.3, -0.25) is 4.79 Å². The van der Waals surface area contributed by atoms with E-state index in [-0.39, 0.29) is 5.75 Å². The summed E-state index contributed by atoms with van der Waals surface area (Å²) < 4.78 is 15.9. The summed E-state index contributed by atoms with van der Waals surface area (Å²) in [5.41, 5.74) is 6.22. The summed E-state index contributed by atoms with van der Waals surface area (Å²) in [5.74, 6) is -1.19. The molecule has 0 aromatic heterocycles. The number of unbranched alkanes of at least 4 members (excludes halogenated alkanes) is 7. The highest BCUT2D eigenvalue weighted by atomic mass is 32.2. The van der Waals surface area contributed by atoms with Crippen LogP contribution in [0, 0.1) is 0 Å². The van der Waals surface area contributed by atoms with E-state index in [1.807, 2.05) is 0 Å². The first-order valence-electron chi connectivity index (χ1n) is 14.7. The first kappa shape index (κ1) is 39.5. The van der Waals surface area contributed by atoms with Gasteiger partial charge in [-0.15, -0.1) is 4.99 Å². The van der Waals surface area contributed by atoms with Crippen molar-refractivity contribution in [2.45, 2.75) is 143 Å². The van der Waals surface area contributed by atoms with Crippen LogP contribution in [0.1, 0.15) is 121 Å². The number of nitrogens with one attached hydrogen (secondary N) is 2. The number of amides is 3. The highest BCUT2D eigenvalue weighted by molar-refractivity contribution is 8.13. The van der Waals surface area contributed by atoms with Crippen LogP contribution < -0.4 is 16.5 Å². The summed E-state index contributed by atoms with van der Waals surface area (Å²) in [7, 11) is 0. The summed E-state index contributed by atoms with van der Waals surface area (Å²) in [4.78, 5) is 54.7. The van der Waals surface area contributed by atoms with E-state index < -0.39 is 52.2 Å². The van der Waals surface area contributed by atoms with E-state index >= 15 is 0 Å². The maximum Gasteiger partial charge on any atom is 0.437 e. The van der Waals surface area contributed by atoms with Gasteiger partial charge in [0.2, 0.25) is 11.9 Å². The Bertz CT molecular complexity index is 892. The molecule has 0 aliphatic carbocycles. The summed E-state index contributed by atoms with van der Waals surface area (Å²) >= 11 is 0.761. The Labute approximate surface area is 256 Å². The second kappa shape index (κ2) is 18.9. The molecule has 13 heteroatoms. The minimum absolute atomic E-state index is 0.114. The van der Waals surface area contributed by atoms with Crippen LogP contribution in [-0.4, -0.2) is 69.5 Å². The monoisotopic (exact) mass is 617 g/mol. The Kier molecular flexibility index (Phi) is 17.7. The fourth-order valence-electron chi connectivity index (χ4n) is 3.30. The average Bonchev–Trinajstić information content (AvgIpc) is 2.79. The Balaban J connectivity index is 5.72. The van der Waals surface area contributed by atoms with Crippen LogP contribution in [0.4, 0.5) is 14.4 Å². The molecule has 0 bridgehead atoms. The van der Waals surface area contributed by atoms with Crippen LogP contribution in [-0.2, 0) is 19.0 Å². The van der Waals surface area contributed by atoms with E-state index in [4.69, 9.17) is 19.9 Å². The Morgan fingerprint density at radius 2 is 1.29 bits per heavy atom. The van der Waals surface area contributed by atoms with E-state index in [1.54, 1.807) is 62.3 Å². The van der Waals surface area contributed by atoms with Gasteiger partial charge < -0.3 is 25.3 Å². The van der Waals surface area contributed by atoms with Crippen molar-refractivity contribution in [3.05, 3.63) is 0 Å². The third-order valence-corrected chi connectivity index (χ3v) is 5.91. The SMILES string of the molecule is CCCCCCCCCCNC(=O)[C@H](CSC(=O)OC(C)(C)C)NN(C(=O)OC(C)(C)C)C(N)=NC(=O)OC(C)(C)C. The van der Waals surface area contributed by atoms with Gasteiger partial charge in [0.25, 0.3) is 0 Å². The number of rotatable bonds is 14. The number of hydrogen-bond acceptors (Lipinski definition) is 9. The van der Waals surface area contributed by atoms with Crippen molar-refractivity contribution in [2.75, 3.05) is 12.3 Å². The molecule has 0 saturated heterocycles.